The summed E-state index contributed by atoms with van der Waals surface area (Å²) in [6.45, 7) is 5.00. The Labute approximate surface area is 290 Å². The van der Waals surface area contributed by atoms with E-state index in [1.54, 1.807) is 24.3 Å². The van der Waals surface area contributed by atoms with Crippen molar-refractivity contribution in [1.29, 1.82) is 5.26 Å². The van der Waals surface area contributed by atoms with Crippen LogP contribution in [0, 0.1) is 18.5 Å². The van der Waals surface area contributed by atoms with Crippen molar-refractivity contribution in [3.63, 3.8) is 0 Å². The van der Waals surface area contributed by atoms with Crippen LogP contribution in [-0.4, -0.2) is 30.9 Å². The van der Waals surface area contributed by atoms with Gasteiger partial charge < -0.3 is 18.9 Å². The van der Waals surface area contributed by atoms with E-state index in [9.17, 15) is 9.59 Å². The number of aromatic nitrogens is 1. The number of nitrogens with zero attached hydrogens (tertiary/aromatic N) is 3. The molecule has 0 bridgehead atoms. The number of hydrogen-bond acceptors (Lipinski definition) is 9. The van der Waals surface area contributed by atoms with E-state index in [0.29, 0.717) is 51.8 Å². The monoisotopic (exact) mass is 847 g/mol. The summed E-state index contributed by atoms with van der Waals surface area (Å²) in [5, 5.41) is 9.03. The molecular weight excluding hydrogens is 820 g/mol. The average molecular weight is 847 g/mol. The van der Waals surface area contributed by atoms with Crippen LogP contribution in [0.2, 0.25) is 0 Å². The third-order valence-electron chi connectivity index (χ3n) is 6.79. The van der Waals surface area contributed by atoms with Crippen molar-refractivity contribution in [3.05, 3.63) is 115 Å². The van der Waals surface area contributed by atoms with Gasteiger partial charge in [0.25, 0.3) is 5.56 Å². The van der Waals surface area contributed by atoms with Crippen molar-refractivity contribution in [1.82, 2.24) is 4.57 Å². The Morgan fingerprint density at radius 2 is 1.71 bits per heavy atom. The standard InChI is InChI=1S/C33H27I2N3O6S/c1-4-42-26-11-10-22(15-27(26)43-5-2)29-23(32(40)41-3)17-37-33-38(29)31(39)28(45-33)14-21-12-24(34)30(25(35)13-21)44-18-20-8-6-19(16-36)7-9-20/h6-15,17,29H,4-5,18H2,1-3H3/b28-14+/t29-/m0/s1. The highest BCUT2D eigenvalue weighted by Crippen LogP contribution is 2.35. The minimum absolute atomic E-state index is 0.232. The lowest BCUT2D eigenvalue weighted by molar-refractivity contribution is -0.136. The molecule has 12 heteroatoms. The third kappa shape index (κ3) is 7.10. The van der Waals surface area contributed by atoms with Crippen molar-refractivity contribution >= 4 is 68.6 Å². The van der Waals surface area contributed by atoms with Crippen LogP contribution >= 0.6 is 56.5 Å². The Bertz CT molecular complexity index is 1990. The molecule has 45 heavy (non-hydrogen) atoms. The SMILES string of the molecule is CCOc1ccc([C@H]2C(C(=O)OC)=CN=c3s/c(=C/c4cc(I)c(OCc5ccc(C#N)cc5)c(I)c4)c(=O)n32)cc1OCC. The first kappa shape index (κ1) is 32.7. The second kappa shape index (κ2) is 14.6. The zero-order valence-electron chi connectivity index (χ0n) is 24.5. The second-order valence-electron chi connectivity index (χ2n) is 9.66. The Hall–Kier alpha value is -3.68. The van der Waals surface area contributed by atoms with Gasteiger partial charge in [0.15, 0.2) is 16.3 Å². The Balaban J connectivity index is 1.52. The highest BCUT2D eigenvalue weighted by atomic mass is 127. The van der Waals surface area contributed by atoms with E-state index in [-0.39, 0.29) is 11.1 Å². The summed E-state index contributed by atoms with van der Waals surface area (Å²) in [5.41, 5.74) is 2.98. The van der Waals surface area contributed by atoms with Gasteiger partial charge in [0, 0.05) is 6.20 Å². The van der Waals surface area contributed by atoms with Gasteiger partial charge in [-0.25, -0.2) is 9.79 Å². The van der Waals surface area contributed by atoms with E-state index < -0.39 is 12.0 Å². The van der Waals surface area contributed by atoms with Gasteiger partial charge in [-0.05, 0) is 118 Å². The van der Waals surface area contributed by atoms with E-state index in [0.717, 1.165) is 24.0 Å². The van der Waals surface area contributed by atoms with Crippen molar-refractivity contribution < 1.29 is 23.7 Å². The first-order valence-corrected chi connectivity index (χ1v) is 16.8. The Morgan fingerprint density at radius 3 is 2.36 bits per heavy atom. The van der Waals surface area contributed by atoms with Gasteiger partial charge in [-0.2, -0.15) is 5.26 Å². The highest BCUT2D eigenvalue weighted by molar-refractivity contribution is 14.1. The molecule has 1 atom stereocenters. The molecule has 0 fully saturated rings. The fraction of sp³-hybridized carbons (Fsp3) is 0.212. The van der Waals surface area contributed by atoms with E-state index in [2.05, 4.69) is 56.2 Å². The van der Waals surface area contributed by atoms with Crippen LogP contribution in [-0.2, 0) is 16.1 Å². The molecule has 0 aliphatic carbocycles. The van der Waals surface area contributed by atoms with Gasteiger partial charge in [0.1, 0.15) is 12.4 Å². The number of halogens is 2. The van der Waals surface area contributed by atoms with Crippen molar-refractivity contribution in [2.75, 3.05) is 20.3 Å². The molecule has 0 N–H and O–H groups in total. The molecule has 0 spiro atoms. The van der Waals surface area contributed by atoms with Crippen LogP contribution < -0.4 is 29.1 Å². The average Bonchev–Trinajstić information content (AvgIpc) is 3.35. The summed E-state index contributed by atoms with van der Waals surface area (Å²) in [6, 6.07) is 17.9. The molecule has 4 aromatic rings. The number of thiazole rings is 1. The summed E-state index contributed by atoms with van der Waals surface area (Å²) in [6.07, 6.45) is 3.29. The number of fused-ring (bicyclic) bond motifs is 1. The van der Waals surface area contributed by atoms with E-state index in [1.807, 2.05) is 50.3 Å². The molecule has 0 saturated heterocycles. The maximum Gasteiger partial charge on any atom is 0.337 e. The van der Waals surface area contributed by atoms with Crippen LogP contribution in [0.15, 0.2) is 76.2 Å². The molecule has 0 saturated carbocycles. The zero-order valence-corrected chi connectivity index (χ0v) is 29.6. The number of hydrogen-bond donors (Lipinski definition) is 0. The fourth-order valence-electron chi connectivity index (χ4n) is 4.77. The predicted octanol–water partition coefficient (Wildman–Crippen LogP) is 5.48. The lowest BCUT2D eigenvalue weighted by Gasteiger charge is -2.23. The van der Waals surface area contributed by atoms with Crippen molar-refractivity contribution in [3.8, 4) is 23.3 Å². The first-order valence-electron chi connectivity index (χ1n) is 13.9. The number of esters is 1. The number of benzene rings is 3. The largest absolute Gasteiger partial charge is 0.490 e. The third-order valence-corrected chi connectivity index (χ3v) is 9.39. The molecular formula is C33H27I2N3O6S. The zero-order chi connectivity index (χ0) is 32.1. The summed E-state index contributed by atoms with van der Waals surface area (Å²) in [4.78, 5) is 31.8. The molecule has 1 aliphatic heterocycles. The molecule has 0 amide bonds. The first-order chi connectivity index (χ1) is 21.8. The van der Waals surface area contributed by atoms with Crippen LogP contribution in [0.1, 0.15) is 42.1 Å². The summed E-state index contributed by atoms with van der Waals surface area (Å²) in [7, 11) is 1.30. The van der Waals surface area contributed by atoms with Gasteiger partial charge >= 0.3 is 5.97 Å². The van der Waals surface area contributed by atoms with E-state index in [1.165, 1.54) is 29.2 Å². The van der Waals surface area contributed by atoms with Gasteiger partial charge in [0.05, 0.1) is 55.2 Å². The van der Waals surface area contributed by atoms with E-state index in [4.69, 9.17) is 24.2 Å². The molecule has 0 unspecified atom stereocenters. The van der Waals surface area contributed by atoms with Gasteiger partial charge in [-0.15, -0.1) is 0 Å². The molecule has 2 heterocycles. The number of methoxy groups -OCH3 is 1. The van der Waals surface area contributed by atoms with Crippen LogP contribution in [0.3, 0.4) is 0 Å². The molecule has 1 aromatic heterocycles. The summed E-state index contributed by atoms with van der Waals surface area (Å²) >= 11 is 5.69. The number of carbonyl (C=O) groups excluding carboxylic acids is 1. The molecule has 9 nitrogen and oxygen atoms in total. The smallest absolute Gasteiger partial charge is 0.337 e. The van der Waals surface area contributed by atoms with Crippen LogP contribution in [0.4, 0.5) is 0 Å². The topological polar surface area (TPSA) is 112 Å². The number of carbonyl (C=O) groups is 1. The van der Waals surface area contributed by atoms with Crippen LogP contribution in [0.5, 0.6) is 17.2 Å². The quantitative estimate of drug-likeness (QED) is 0.154. The number of ether oxygens (including phenoxy) is 4. The Kier molecular flexibility index (Phi) is 10.6. The fourth-order valence-corrected chi connectivity index (χ4v) is 7.87. The lowest BCUT2D eigenvalue weighted by Crippen LogP contribution is -2.39. The summed E-state index contributed by atoms with van der Waals surface area (Å²) in [5.74, 6) is 1.26. The summed E-state index contributed by atoms with van der Waals surface area (Å²) < 4.78 is 26.5. The highest BCUT2D eigenvalue weighted by Gasteiger charge is 2.31. The predicted molar refractivity (Wildman–Crippen MR) is 187 cm³/mol. The van der Waals surface area contributed by atoms with Gasteiger partial charge in [-0.1, -0.05) is 29.5 Å². The van der Waals surface area contributed by atoms with Crippen molar-refractivity contribution in [2.45, 2.75) is 26.5 Å². The molecule has 1 aliphatic rings. The molecule has 3 aromatic carbocycles. The molecule has 5 rings (SSSR count). The van der Waals surface area contributed by atoms with Crippen LogP contribution in [0.25, 0.3) is 6.08 Å². The number of rotatable bonds is 10. The maximum atomic E-state index is 14.0. The lowest BCUT2D eigenvalue weighted by atomic mass is 9.97. The molecule has 230 valence electrons. The molecule has 0 radical (unpaired) electrons. The normalized spacial score (nSPS) is 14.1. The maximum absolute atomic E-state index is 14.0. The van der Waals surface area contributed by atoms with Crippen molar-refractivity contribution in [2.24, 2.45) is 4.99 Å². The van der Waals surface area contributed by atoms with E-state index >= 15 is 0 Å². The second-order valence-corrected chi connectivity index (χ2v) is 13.0. The minimum Gasteiger partial charge on any atom is -0.490 e. The van der Waals surface area contributed by atoms with Gasteiger partial charge in [0.2, 0.25) is 0 Å². The minimum atomic E-state index is -0.774. The number of nitriles is 1. The Morgan fingerprint density at radius 1 is 1.02 bits per heavy atom. The van der Waals surface area contributed by atoms with Gasteiger partial charge in [-0.3, -0.25) is 9.36 Å².